The molecule has 0 radical (unpaired) electrons. The Morgan fingerprint density at radius 1 is 1.16 bits per heavy atom. The number of rotatable bonds is 6. The van der Waals surface area contributed by atoms with E-state index in [1.54, 1.807) is 32.9 Å². The van der Waals surface area contributed by atoms with Crippen molar-refractivity contribution >= 4 is 49.9 Å². The van der Waals surface area contributed by atoms with E-state index in [-0.39, 0.29) is 24.9 Å². The lowest BCUT2D eigenvalue weighted by Gasteiger charge is -2.19. The number of nitrogens with zero attached hydrogens (tertiary/aromatic N) is 2. The van der Waals surface area contributed by atoms with Crippen molar-refractivity contribution in [3.05, 3.63) is 57.6 Å². The second-order valence-corrected chi connectivity index (χ2v) is 13.0. The van der Waals surface area contributed by atoms with Gasteiger partial charge in [0.2, 0.25) is 0 Å². The van der Waals surface area contributed by atoms with E-state index in [1.807, 2.05) is 12.1 Å². The Labute approximate surface area is 231 Å². The molecule has 1 atom stereocenters. The predicted molar refractivity (Wildman–Crippen MR) is 149 cm³/mol. The van der Waals surface area contributed by atoms with Crippen LogP contribution in [0, 0.1) is 0 Å². The molecule has 2 N–H and O–H groups in total. The molecule has 1 unspecified atom stereocenters. The number of thiophene rings is 1. The van der Waals surface area contributed by atoms with E-state index >= 15 is 0 Å². The highest BCUT2D eigenvalue weighted by molar-refractivity contribution is 7.84. The fraction of sp³-hybridized carbons (Fsp3) is 0.333. The zero-order chi connectivity index (χ0) is 27.2. The topological polar surface area (TPSA) is 111 Å². The molecule has 0 saturated heterocycles. The number of pyridine rings is 1. The number of hydrogen-bond donors (Lipinski definition) is 2. The highest BCUT2D eigenvalue weighted by atomic mass is 35.5. The first-order valence-corrected chi connectivity index (χ1v) is 14.7. The van der Waals surface area contributed by atoms with Crippen molar-refractivity contribution in [3.8, 4) is 28.6 Å². The summed E-state index contributed by atoms with van der Waals surface area (Å²) in [5, 5.41) is 21.7. The van der Waals surface area contributed by atoms with Crippen LogP contribution in [0.5, 0.6) is 17.5 Å². The Kier molecular flexibility index (Phi) is 7.15. The lowest BCUT2D eigenvalue weighted by molar-refractivity contribution is -0.157. The van der Waals surface area contributed by atoms with Crippen molar-refractivity contribution in [2.45, 2.75) is 45.1 Å². The molecular formula is C27H27ClN2O6S2. The van der Waals surface area contributed by atoms with Gasteiger partial charge in [-0.1, -0.05) is 23.7 Å². The van der Waals surface area contributed by atoms with Crippen molar-refractivity contribution in [2.24, 2.45) is 0 Å². The predicted octanol–water partition coefficient (Wildman–Crippen LogP) is 5.40. The Morgan fingerprint density at radius 2 is 1.84 bits per heavy atom. The summed E-state index contributed by atoms with van der Waals surface area (Å²) < 4.78 is 24.5. The number of aromatic nitrogens is 2. The fourth-order valence-corrected chi connectivity index (χ4v) is 7.46. The third kappa shape index (κ3) is 5.39. The van der Waals surface area contributed by atoms with Gasteiger partial charge in [-0.05, 0) is 50.5 Å². The van der Waals surface area contributed by atoms with Gasteiger partial charge >= 0.3 is 5.97 Å². The van der Waals surface area contributed by atoms with Crippen LogP contribution in [0.1, 0.15) is 36.9 Å². The average molecular weight is 575 g/mol. The molecule has 1 aromatic carbocycles. The maximum absolute atomic E-state index is 12.3. The molecule has 3 aromatic heterocycles. The third-order valence-electron chi connectivity index (χ3n) is 6.07. The molecule has 38 heavy (non-hydrogen) atoms. The Morgan fingerprint density at radius 3 is 2.50 bits per heavy atom. The number of carbonyl (C=O) groups excluding carboxylic acids is 1. The molecule has 0 aliphatic carbocycles. The molecule has 11 heteroatoms. The van der Waals surface area contributed by atoms with E-state index in [1.165, 1.54) is 28.0 Å². The van der Waals surface area contributed by atoms with Crippen LogP contribution in [0.25, 0.3) is 21.3 Å². The van der Waals surface area contributed by atoms with Gasteiger partial charge in [-0.2, -0.15) is 0 Å². The molecule has 4 heterocycles. The Hall–Kier alpha value is -3.08. The lowest BCUT2D eigenvalue weighted by atomic mass is 9.97. The van der Waals surface area contributed by atoms with Gasteiger partial charge in [-0.3, -0.25) is 8.78 Å². The van der Waals surface area contributed by atoms with E-state index < -0.39 is 22.4 Å². The van der Waals surface area contributed by atoms with Gasteiger partial charge in [0.05, 0.1) is 23.0 Å². The summed E-state index contributed by atoms with van der Waals surface area (Å²) in [5.41, 5.74) is 2.60. The van der Waals surface area contributed by atoms with Crippen LogP contribution in [0.4, 0.5) is 0 Å². The normalized spacial score (nSPS) is 15.4. The molecule has 0 spiro atoms. The number of carbonyl (C=O) groups is 1. The summed E-state index contributed by atoms with van der Waals surface area (Å²) in [7, 11) is -0.913. The van der Waals surface area contributed by atoms with Gasteiger partial charge < -0.3 is 19.7 Å². The summed E-state index contributed by atoms with van der Waals surface area (Å²) in [6.45, 7) is 5.26. The first-order chi connectivity index (χ1) is 18.0. The highest BCUT2D eigenvalue weighted by Crippen LogP contribution is 2.45. The average Bonchev–Trinajstić information content (AvgIpc) is 3.36. The maximum Gasteiger partial charge on any atom is 0.344 e. The number of aromatic hydroxyl groups is 2. The van der Waals surface area contributed by atoms with Crippen LogP contribution in [-0.4, -0.2) is 47.9 Å². The summed E-state index contributed by atoms with van der Waals surface area (Å²) in [6, 6.07) is 10.1. The molecule has 0 fully saturated rings. The minimum atomic E-state index is -0.913. The third-order valence-corrected chi connectivity index (χ3v) is 9.05. The number of ether oxygens (including phenoxy) is 2. The largest absolute Gasteiger partial charge is 0.494 e. The molecule has 4 aromatic rings. The second kappa shape index (κ2) is 10.2. The van der Waals surface area contributed by atoms with E-state index in [4.69, 9.17) is 26.1 Å². The van der Waals surface area contributed by atoms with Crippen molar-refractivity contribution in [3.63, 3.8) is 0 Å². The first-order valence-electron chi connectivity index (χ1n) is 12.0. The van der Waals surface area contributed by atoms with E-state index in [0.717, 1.165) is 31.8 Å². The van der Waals surface area contributed by atoms with Gasteiger partial charge in [0.1, 0.15) is 16.2 Å². The number of halogens is 1. The van der Waals surface area contributed by atoms with Crippen molar-refractivity contribution in [1.82, 2.24) is 9.55 Å². The van der Waals surface area contributed by atoms with Crippen LogP contribution < -0.4 is 4.74 Å². The monoisotopic (exact) mass is 574 g/mol. The second-order valence-electron chi connectivity index (χ2n) is 10.0. The van der Waals surface area contributed by atoms with Gasteiger partial charge in [-0.25, -0.2) is 9.78 Å². The fourth-order valence-electron chi connectivity index (χ4n) is 4.44. The van der Waals surface area contributed by atoms with E-state index in [0.29, 0.717) is 34.4 Å². The van der Waals surface area contributed by atoms with Gasteiger partial charge in [-0.15, -0.1) is 11.3 Å². The van der Waals surface area contributed by atoms with Crippen molar-refractivity contribution in [1.29, 1.82) is 0 Å². The Balaban J connectivity index is 1.54. The molecule has 200 valence electrons. The standard InChI is InChI=1S/C27H27ClN2O6S2/c1-27(2,3)36-22(33)13-35-16-6-4-15(5-7-16)23-24-17-10-11-38(34)14-19(17)37-26(24)29-18(25(23)28)12-30-20(31)8-9-21(30)32/h4-9,31-32H,10-14H2,1-3H3. The molecular weight excluding hydrogens is 548 g/mol. The summed E-state index contributed by atoms with van der Waals surface area (Å²) in [5.74, 6) is 0.915. The van der Waals surface area contributed by atoms with Crippen LogP contribution >= 0.6 is 22.9 Å². The molecule has 8 nitrogen and oxygen atoms in total. The molecule has 0 amide bonds. The maximum atomic E-state index is 12.3. The summed E-state index contributed by atoms with van der Waals surface area (Å²) >= 11 is 8.49. The molecule has 5 rings (SSSR count). The Bertz CT molecular complexity index is 1530. The number of esters is 1. The minimum absolute atomic E-state index is 0.0675. The zero-order valence-electron chi connectivity index (χ0n) is 21.1. The minimum Gasteiger partial charge on any atom is -0.494 e. The van der Waals surface area contributed by atoms with Crippen molar-refractivity contribution < 1.29 is 28.7 Å². The quantitative estimate of drug-likeness (QED) is 0.296. The highest BCUT2D eigenvalue weighted by Gasteiger charge is 2.26. The molecule has 1 aliphatic heterocycles. The molecule has 0 bridgehead atoms. The SMILES string of the molecule is CC(C)(C)OC(=O)COc1ccc(-c2c(Cl)c(Cn3c(O)ccc3O)nc3sc4c(c23)CCS(=O)C4)cc1. The smallest absolute Gasteiger partial charge is 0.344 e. The van der Waals surface area contributed by atoms with Crippen LogP contribution in [-0.2, 0) is 39.0 Å². The first kappa shape index (κ1) is 26.5. The van der Waals surface area contributed by atoms with Gasteiger partial charge in [0.15, 0.2) is 18.4 Å². The van der Waals surface area contributed by atoms with Crippen LogP contribution in [0.3, 0.4) is 0 Å². The zero-order valence-corrected chi connectivity index (χ0v) is 23.5. The number of fused-ring (bicyclic) bond motifs is 3. The van der Waals surface area contributed by atoms with E-state index in [2.05, 4.69) is 0 Å². The van der Waals surface area contributed by atoms with E-state index in [9.17, 15) is 19.2 Å². The van der Waals surface area contributed by atoms with Crippen LogP contribution in [0.2, 0.25) is 5.02 Å². The molecule has 0 saturated carbocycles. The number of benzene rings is 1. The van der Waals surface area contributed by atoms with Gasteiger partial charge in [0, 0.05) is 44.5 Å². The summed E-state index contributed by atoms with van der Waals surface area (Å²) in [4.78, 5) is 18.6. The number of aryl methyl sites for hydroxylation is 1. The van der Waals surface area contributed by atoms with Crippen LogP contribution in [0.15, 0.2) is 36.4 Å². The number of hydrogen-bond acceptors (Lipinski definition) is 8. The summed E-state index contributed by atoms with van der Waals surface area (Å²) in [6.07, 6.45) is 0.669. The molecule has 1 aliphatic rings. The lowest BCUT2D eigenvalue weighted by Crippen LogP contribution is -2.27. The van der Waals surface area contributed by atoms with Crippen molar-refractivity contribution in [2.75, 3.05) is 12.4 Å². The van der Waals surface area contributed by atoms with Gasteiger partial charge in [0.25, 0.3) is 0 Å².